The van der Waals surface area contributed by atoms with Crippen LogP contribution >= 0.6 is 0 Å². The Kier molecular flexibility index (Phi) is 6.57. The zero-order valence-corrected chi connectivity index (χ0v) is 18.1. The van der Waals surface area contributed by atoms with Crippen LogP contribution in [0.2, 0.25) is 0 Å². The number of carbonyl (C=O) groups is 1. The van der Waals surface area contributed by atoms with Gasteiger partial charge in [-0.15, -0.1) is 0 Å². The maximum absolute atomic E-state index is 12.9. The van der Waals surface area contributed by atoms with Gasteiger partial charge in [0.1, 0.15) is 0 Å². The van der Waals surface area contributed by atoms with E-state index in [1.165, 1.54) is 12.1 Å². The van der Waals surface area contributed by atoms with Gasteiger partial charge in [-0.3, -0.25) is 9.52 Å². The van der Waals surface area contributed by atoms with Crippen molar-refractivity contribution < 1.29 is 13.2 Å². The van der Waals surface area contributed by atoms with Crippen LogP contribution in [0.5, 0.6) is 0 Å². The first kappa shape index (κ1) is 21.6. The molecule has 0 radical (unpaired) electrons. The summed E-state index contributed by atoms with van der Waals surface area (Å²) < 4.78 is 27.7. The fourth-order valence-electron chi connectivity index (χ4n) is 3.30. The second-order valence-corrected chi connectivity index (χ2v) is 9.23. The van der Waals surface area contributed by atoms with Crippen LogP contribution in [0, 0.1) is 12.8 Å². The molecule has 0 fully saturated rings. The third-order valence-electron chi connectivity index (χ3n) is 4.91. The number of hydrogen-bond acceptors (Lipinski definition) is 3. The van der Waals surface area contributed by atoms with E-state index in [1.54, 1.807) is 42.5 Å². The summed E-state index contributed by atoms with van der Waals surface area (Å²) in [5.41, 5.74) is 2.91. The van der Waals surface area contributed by atoms with Crippen LogP contribution in [-0.2, 0) is 10.0 Å². The molecule has 6 heteroatoms. The Balaban J connectivity index is 1.81. The first-order valence-electron chi connectivity index (χ1n) is 9.82. The van der Waals surface area contributed by atoms with E-state index < -0.39 is 10.0 Å². The minimum atomic E-state index is -3.72. The molecule has 0 bridgehead atoms. The molecule has 3 rings (SSSR count). The van der Waals surface area contributed by atoms with Gasteiger partial charge in [0.15, 0.2) is 0 Å². The van der Waals surface area contributed by atoms with E-state index >= 15 is 0 Å². The predicted octanol–water partition coefficient (Wildman–Crippen LogP) is 4.92. The van der Waals surface area contributed by atoms with Crippen molar-refractivity contribution in [2.24, 2.45) is 5.92 Å². The summed E-state index contributed by atoms with van der Waals surface area (Å²) in [4.78, 5) is 13.1. The number of hydrogen-bond donors (Lipinski definition) is 2. The van der Waals surface area contributed by atoms with Crippen molar-refractivity contribution in [3.05, 3.63) is 95.6 Å². The second-order valence-electron chi connectivity index (χ2n) is 7.55. The van der Waals surface area contributed by atoms with E-state index in [0.717, 1.165) is 11.1 Å². The zero-order valence-electron chi connectivity index (χ0n) is 17.3. The molecule has 0 unspecified atom stereocenters. The molecule has 30 heavy (non-hydrogen) atoms. The molecule has 0 aliphatic heterocycles. The number of rotatable bonds is 7. The van der Waals surface area contributed by atoms with E-state index in [0.29, 0.717) is 11.3 Å². The van der Waals surface area contributed by atoms with Crippen LogP contribution in [-0.4, -0.2) is 14.3 Å². The molecule has 0 spiro atoms. The molecule has 0 aromatic heterocycles. The van der Waals surface area contributed by atoms with Gasteiger partial charge in [0, 0.05) is 11.3 Å². The highest BCUT2D eigenvalue weighted by atomic mass is 32.2. The quantitative estimate of drug-likeness (QED) is 0.567. The number of sulfonamides is 1. The van der Waals surface area contributed by atoms with Gasteiger partial charge < -0.3 is 5.32 Å². The van der Waals surface area contributed by atoms with Gasteiger partial charge in [-0.1, -0.05) is 62.4 Å². The first-order chi connectivity index (χ1) is 14.3. The molecule has 2 N–H and O–H groups in total. The standard InChI is InChI=1S/C24H26N2O3S/c1-17(2)23(22-15-8-7-10-18(22)3)25-24(27)19-11-9-12-20(16-19)26-30(28,29)21-13-5-4-6-14-21/h4-17,23,26H,1-3H3,(H,25,27)/t23-/m1/s1. The lowest BCUT2D eigenvalue weighted by molar-refractivity contribution is 0.0925. The number of carbonyl (C=O) groups excluding carboxylic acids is 1. The van der Waals surface area contributed by atoms with Crippen LogP contribution in [0.1, 0.15) is 41.4 Å². The Morgan fingerprint density at radius 2 is 1.53 bits per heavy atom. The number of benzene rings is 3. The summed E-state index contributed by atoms with van der Waals surface area (Å²) in [6.07, 6.45) is 0. The summed E-state index contributed by atoms with van der Waals surface area (Å²) in [5, 5.41) is 3.10. The van der Waals surface area contributed by atoms with Crippen molar-refractivity contribution in [3.8, 4) is 0 Å². The average molecular weight is 423 g/mol. The van der Waals surface area contributed by atoms with Gasteiger partial charge in [0.05, 0.1) is 10.9 Å². The molecular formula is C24H26N2O3S. The maximum atomic E-state index is 12.9. The van der Waals surface area contributed by atoms with Crippen molar-refractivity contribution in [1.29, 1.82) is 0 Å². The van der Waals surface area contributed by atoms with Gasteiger partial charge in [-0.05, 0) is 54.3 Å². The molecular weight excluding hydrogens is 396 g/mol. The minimum absolute atomic E-state index is 0.150. The molecule has 0 heterocycles. The van der Waals surface area contributed by atoms with Crippen LogP contribution in [0.25, 0.3) is 0 Å². The summed E-state index contributed by atoms with van der Waals surface area (Å²) in [7, 11) is -3.72. The molecule has 156 valence electrons. The molecule has 1 atom stereocenters. The fourth-order valence-corrected chi connectivity index (χ4v) is 4.37. The van der Waals surface area contributed by atoms with Crippen molar-refractivity contribution in [2.45, 2.75) is 31.7 Å². The number of aryl methyl sites for hydroxylation is 1. The first-order valence-corrected chi connectivity index (χ1v) is 11.3. The number of amides is 1. The van der Waals surface area contributed by atoms with Crippen LogP contribution in [0.15, 0.2) is 83.8 Å². The lowest BCUT2D eigenvalue weighted by Crippen LogP contribution is -2.32. The second kappa shape index (κ2) is 9.13. The van der Waals surface area contributed by atoms with E-state index in [9.17, 15) is 13.2 Å². The molecule has 5 nitrogen and oxygen atoms in total. The Morgan fingerprint density at radius 1 is 0.867 bits per heavy atom. The Hall–Kier alpha value is -3.12. The zero-order chi connectivity index (χ0) is 21.7. The van der Waals surface area contributed by atoms with Crippen LogP contribution < -0.4 is 10.0 Å². The molecule has 0 saturated carbocycles. The van der Waals surface area contributed by atoms with Gasteiger partial charge in [-0.25, -0.2) is 8.42 Å². The van der Waals surface area contributed by atoms with Gasteiger partial charge in [0.2, 0.25) is 0 Å². The molecule has 0 saturated heterocycles. The highest BCUT2D eigenvalue weighted by Crippen LogP contribution is 2.25. The van der Waals surface area contributed by atoms with Gasteiger partial charge >= 0.3 is 0 Å². The molecule has 0 aliphatic carbocycles. The number of anilines is 1. The highest BCUT2D eigenvalue weighted by molar-refractivity contribution is 7.92. The van der Waals surface area contributed by atoms with Crippen molar-refractivity contribution in [1.82, 2.24) is 5.32 Å². The van der Waals surface area contributed by atoms with E-state index in [-0.39, 0.29) is 22.8 Å². The topological polar surface area (TPSA) is 75.3 Å². The van der Waals surface area contributed by atoms with E-state index in [4.69, 9.17) is 0 Å². The van der Waals surface area contributed by atoms with Gasteiger partial charge in [-0.2, -0.15) is 0 Å². The lowest BCUT2D eigenvalue weighted by atomic mass is 9.92. The van der Waals surface area contributed by atoms with E-state index in [2.05, 4.69) is 23.9 Å². The third-order valence-corrected chi connectivity index (χ3v) is 6.30. The predicted molar refractivity (Wildman–Crippen MR) is 120 cm³/mol. The monoisotopic (exact) mass is 422 g/mol. The molecule has 1 amide bonds. The Morgan fingerprint density at radius 3 is 2.20 bits per heavy atom. The average Bonchev–Trinajstić information content (AvgIpc) is 2.73. The van der Waals surface area contributed by atoms with Crippen molar-refractivity contribution in [2.75, 3.05) is 4.72 Å². The molecule has 3 aromatic rings. The normalized spacial score (nSPS) is 12.4. The third kappa shape index (κ3) is 5.07. The maximum Gasteiger partial charge on any atom is 0.261 e. The van der Waals surface area contributed by atoms with E-state index in [1.807, 2.05) is 31.2 Å². The molecule has 0 aliphatic rings. The van der Waals surface area contributed by atoms with Crippen LogP contribution in [0.3, 0.4) is 0 Å². The summed E-state index contributed by atoms with van der Waals surface area (Å²) in [5.74, 6) is -0.0625. The van der Waals surface area contributed by atoms with Crippen molar-refractivity contribution >= 4 is 21.6 Å². The Labute approximate surface area is 178 Å². The lowest BCUT2D eigenvalue weighted by Gasteiger charge is -2.24. The van der Waals surface area contributed by atoms with Crippen LogP contribution in [0.4, 0.5) is 5.69 Å². The largest absolute Gasteiger partial charge is 0.345 e. The minimum Gasteiger partial charge on any atom is -0.345 e. The summed E-state index contributed by atoms with van der Waals surface area (Å²) >= 11 is 0. The fraction of sp³-hybridized carbons (Fsp3) is 0.208. The van der Waals surface area contributed by atoms with Crippen molar-refractivity contribution in [3.63, 3.8) is 0 Å². The number of nitrogens with one attached hydrogen (secondary N) is 2. The summed E-state index contributed by atoms with van der Waals surface area (Å²) in [6, 6.07) is 22.5. The van der Waals surface area contributed by atoms with Gasteiger partial charge in [0.25, 0.3) is 15.9 Å². The SMILES string of the molecule is Cc1ccccc1[C@H](NC(=O)c1cccc(NS(=O)(=O)c2ccccc2)c1)C(C)C. The Bertz CT molecular complexity index is 1130. The summed E-state index contributed by atoms with van der Waals surface area (Å²) in [6.45, 7) is 6.14. The molecule has 3 aromatic carbocycles. The highest BCUT2D eigenvalue weighted by Gasteiger charge is 2.21. The smallest absolute Gasteiger partial charge is 0.261 e.